The van der Waals surface area contributed by atoms with Crippen molar-refractivity contribution in [3.05, 3.63) is 22.0 Å². The Morgan fingerprint density at radius 1 is 1.48 bits per heavy atom. The van der Waals surface area contributed by atoms with Crippen LogP contribution in [0.3, 0.4) is 0 Å². The van der Waals surface area contributed by atoms with Crippen molar-refractivity contribution in [1.82, 2.24) is 16.1 Å². The largest absolute Gasteiger partial charge is 0.380 e. The molecule has 10 nitrogen and oxygen atoms in total. The van der Waals surface area contributed by atoms with Crippen LogP contribution < -0.4 is 21.9 Å². The molecule has 3 atom stereocenters. The van der Waals surface area contributed by atoms with Gasteiger partial charge in [0.05, 0.1) is 6.61 Å². The minimum Gasteiger partial charge on any atom is -0.380 e. The van der Waals surface area contributed by atoms with Crippen molar-refractivity contribution in [3.8, 4) is 0 Å². The molecule has 0 bridgehead atoms. The number of hydrogen-bond donors (Lipinski definition) is 4. The van der Waals surface area contributed by atoms with E-state index in [9.17, 15) is 19.7 Å². The zero-order valence-electron chi connectivity index (χ0n) is 14.6. The number of nitrogens with two attached hydrogens (primary N) is 1. The Balaban J connectivity index is 1.70. The van der Waals surface area contributed by atoms with Crippen molar-refractivity contribution >= 4 is 11.8 Å². The van der Waals surface area contributed by atoms with Gasteiger partial charge in [0, 0.05) is 30.6 Å². The molecular weight excluding hydrogens is 330 g/mol. The number of carbonyl (C=O) groups is 2. The van der Waals surface area contributed by atoms with Crippen LogP contribution in [-0.4, -0.2) is 42.5 Å². The number of carbonyl (C=O) groups excluding carboxylic acids is 2. The van der Waals surface area contributed by atoms with E-state index in [0.717, 1.165) is 0 Å². The lowest BCUT2D eigenvalue weighted by Gasteiger charge is -2.21. The molecule has 25 heavy (non-hydrogen) atoms. The van der Waals surface area contributed by atoms with E-state index >= 15 is 0 Å². The average Bonchev–Trinajstić information content (AvgIpc) is 2.95. The first-order valence-corrected chi connectivity index (χ1v) is 8.17. The van der Waals surface area contributed by atoms with Gasteiger partial charge in [-0.3, -0.25) is 20.3 Å². The molecular formula is C15H25N5O5. The lowest BCUT2D eigenvalue weighted by atomic mass is 9.89. The van der Waals surface area contributed by atoms with Gasteiger partial charge in [-0.2, -0.15) is 0 Å². The molecule has 10 heteroatoms. The van der Waals surface area contributed by atoms with Crippen LogP contribution in [0.4, 0.5) is 0 Å². The van der Waals surface area contributed by atoms with E-state index in [1.165, 1.54) is 6.08 Å². The first-order chi connectivity index (χ1) is 11.7. The summed E-state index contributed by atoms with van der Waals surface area (Å²) in [5, 5.41) is 16.3. The number of nitro groups is 1. The molecule has 0 aromatic carbocycles. The Hall–Kier alpha value is -2.20. The SMILES string of the molecule is CC1C2NC([N+](=O)[O-])=C[C@@]12C(=O)NCCOCCC(C)(C)C(=O)NN. The van der Waals surface area contributed by atoms with Crippen LogP contribution in [0.1, 0.15) is 27.2 Å². The van der Waals surface area contributed by atoms with Crippen molar-refractivity contribution in [1.29, 1.82) is 0 Å². The molecule has 1 fully saturated rings. The van der Waals surface area contributed by atoms with Crippen molar-refractivity contribution in [2.45, 2.75) is 33.2 Å². The van der Waals surface area contributed by atoms with Gasteiger partial charge in [-0.25, -0.2) is 5.84 Å². The second kappa shape index (κ2) is 6.96. The molecule has 5 N–H and O–H groups in total. The highest BCUT2D eigenvalue weighted by atomic mass is 16.6. The highest BCUT2D eigenvalue weighted by Crippen LogP contribution is 2.57. The van der Waals surface area contributed by atoms with Crippen molar-refractivity contribution in [2.24, 2.45) is 22.6 Å². The summed E-state index contributed by atoms with van der Waals surface area (Å²) in [7, 11) is 0. The topological polar surface area (TPSA) is 149 Å². The number of amides is 2. The Bertz CT molecular complexity index is 605. The maximum absolute atomic E-state index is 12.4. The molecule has 2 aliphatic rings. The predicted octanol–water partition coefficient (Wildman–Crippen LogP) is -0.749. The summed E-state index contributed by atoms with van der Waals surface area (Å²) >= 11 is 0. The van der Waals surface area contributed by atoms with Gasteiger partial charge < -0.3 is 20.2 Å². The quantitative estimate of drug-likeness (QED) is 0.140. The molecule has 0 saturated heterocycles. The maximum Gasteiger partial charge on any atom is 0.313 e. The van der Waals surface area contributed by atoms with E-state index in [1.54, 1.807) is 13.8 Å². The van der Waals surface area contributed by atoms with Gasteiger partial charge in [-0.1, -0.05) is 20.8 Å². The number of hydrogen-bond acceptors (Lipinski definition) is 7. The fourth-order valence-corrected chi connectivity index (χ4v) is 3.13. The van der Waals surface area contributed by atoms with Gasteiger partial charge >= 0.3 is 5.82 Å². The molecule has 2 unspecified atom stereocenters. The fraction of sp³-hybridized carbons (Fsp3) is 0.733. The van der Waals surface area contributed by atoms with Crippen molar-refractivity contribution in [2.75, 3.05) is 19.8 Å². The second-order valence-electron chi connectivity index (χ2n) is 7.11. The number of nitrogens with one attached hydrogen (secondary N) is 3. The molecule has 140 valence electrons. The standard InChI is InChI=1S/C15H25N5O5/c1-9-11-15(9,8-10(18-11)20(23)24)13(22)17-5-7-25-6-4-14(2,3)12(21)19-16/h8-9,11,18H,4-7,16H2,1-3H3,(H,17,22)(H,19,21)/t9?,11?,15-/m1/s1. The van der Waals surface area contributed by atoms with Gasteiger partial charge in [0.25, 0.3) is 0 Å². The molecule has 0 spiro atoms. The zero-order valence-corrected chi connectivity index (χ0v) is 14.6. The van der Waals surface area contributed by atoms with Crippen molar-refractivity contribution < 1.29 is 19.2 Å². The van der Waals surface area contributed by atoms with E-state index in [2.05, 4.69) is 16.1 Å². The van der Waals surface area contributed by atoms with Gasteiger partial charge in [-0.05, 0) is 11.3 Å². The smallest absolute Gasteiger partial charge is 0.313 e. The number of rotatable bonds is 9. The Morgan fingerprint density at radius 2 is 2.16 bits per heavy atom. The zero-order chi connectivity index (χ0) is 18.8. The first kappa shape index (κ1) is 19.1. The maximum atomic E-state index is 12.4. The third-order valence-electron chi connectivity index (χ3n) is 5.08. The Morgan fingerprint density at radius 3 is 2.76 bits per heavy atom. The molecule has 1 aliphatic carbocycles. The highest BCUT2D eigenvalue weighted by Gasteiger charge is 2.73. The van der Waals surface area contributed by atoms with Gasteiger partial charge in [-0.15, -0.1) is 0 Å². The van der Waals surface area contributed by atoms with Gasteiger partial charge in [0.2, 0.25) is 11.8 Å². The fourth-order valence-electron chi connectivity index (χ4n) is 3.13. The number of ether oxygens (including phenoxy) is 1. The van der Waals surface area contributed by atoms with Crippen LogP contribution in [0.15, 0.2) is 11.9 Å². The van der Waals surface area contributed by atoms with Crippen LogP contribution in [-0.2, 0) is 14.3 Å². The van der Waals surface area contributed by atoms with E-state index in [-0.39, 0.29) is 29.6 Å². The summed E-state index contributed by atoms with van der Waals surface area (Å²) in [4.78, 5) is 34.2. The molecule has 0 aromatic rings. The summed E-state index contributed by atoms with van der Waals surface area (Å²) in [5.41, 5.74) is 0.655. The molecule has 0 radical (unpaired) electrons. The Labute approximate surface area is 145 Å². The van der Waals surface area contributed by atoms with E-state index in [4.69, 9.17) is 10.6 Å². The molecule has 2 amide bonds. The van der Waals surface area contributed by atoms with Gasteiger partial charge in [0.1, 0.15) is 11.5 Å². The third kappa shape index (κ3) is 3.59. The molecule has 0 aromatic heterocycles. The van der Waals surface area contributed by atoms with Gasteiger partial charge in [0.15, 0.2) is 0 Å². The normalized spacial score (nSPS) is 27.0. The Kier molecular flexibility index (Phi) is 5.33. The monoisotopic (exact) mass is 355 g/mol. The summed E-state index contributed by atoms with van der Waals surface area (Å²) in [6.07, 6.45) is 1.90. The summed E-state index contributed by atoms with van der Waals surface area (Å²) in [6.45, 7) is 6.35. The van der Waals surface area contributed by atoms with E-state index in [1.807, 2.05) is 6.92 Å². The summed E-state index contributed by atoms with van der Waals surface area (Å²) in [5.74, 6) is 4.52. The minimum atomic E-state index is -0.830. The van der Waals surface area contributed by atoms with E-state index < -0.39 is 15.8 Å². The third-order valence-corrected chi connectivity index (χ3v) is 5.08. The second-order valence-corrected chi connectivity index (χ2v) is 7.11. The first-order valence-electron chi connectivity index (χ1n) is 8.17. The highest BCUT2D eigenvalue weighted by molar-refractivity contribution is 5.90. The van der Waals surface area contributed by atoms with Crippen LogP contribution in [0.5, 0.6) is 0 Å². The van der Waals surface area contributed by atoms with Crippen LogP contribution in [0.25, 0.3) is 0 Å². The van der Waals surface area contributed by atoms with Crippen LogP contribution in [0.2, 0.25) is 0 Å². The summed E-state index contributed by atoms with van der Waals surface area (Å²) < 4.78 is 5.44. The molecule has 1 heterocycles. The molecule has 1 saturated carbocycles. The lowest BCUT2D eigenvalue weighted by molar-refractivity contribution is -0.431. The number of nitrogens with zero attached hydrogens (tertiary/aromatic N) is 1. The minimum absolute atomic E-state index is 0.0210. The number of fused-ring (bicyclic) bond motifs is 1. The number of hydrazine groups is 1. The summed E-state index contributed by atoms with van der Waals surface area (Å²) in [6, 6.07) is -0.218. The van der Waals surface area contributed by atoms with Crippen LogP contribution in [0, 0.1) is 26.9 Å². The lowest BCUT2D eigenvalue weighted by Crippen LogP contribution is -2.41. The average molecular weight is 355 g/mol. The van der Waals surface area contributed by atoms with Crippen molar-refractivity contribution in [3.63, 3.8) is 0 Å². The molecule has 1 aliphatic heterocycles. The predicted molar refractivity (Wildman–Crippen MR) is 88.2 cm³/mol. The van der Waals surface area contributed by atoms with Crippen LogP contribution >= 0.6 is 0 Å². The van der Waals surface area contributed by atoms with E-state index in [0.29, 0.717) is 26.2 Å². The molecule has 2 rings (SSSR count).